The van der Waals surface area contributed by atoms with Gasteiger partial charge in [0, 0.05) is 6.04 Å². The van der Waals surface area contributed by atoms with Gasteiger partial charge in [-0.3, -0.25) is 0 Å². The number of hydrogen-bond acceptors (Lipinski definition) is 3. The number of hydrogen-bond donors (Lipinski definition) is 3. The van der Waals surface area contributed by atoms with Gasteiger partial charge in [0.25, 0.3) is 0 Å². The summed E-state index contributed by atoms with van der Waals surface area (Å²) in [6.07, 6.45) is 4.32. The van der Waals surface area contributed by atoms with Crippen LogP contribution >= 0.6 is 0 Å². The summed E-state index contributed by atoms with van der Waals surface area (Å²) in [6, 6.07) is 0.264. The average molecular weight is 228 g/mol. The molecule has 0 aromatic carbocycles. The molecule has 1 aliphatic rings. The quantitative estimate of drug-likeness (QED) is 0.604. The van der Waals surface area contributed by atoms with Crippen molar-refractivity contribution in [2.24, 2.45) is 5.92 Å². The molecule has 0 aliphatic carbocycles. The Kier molecular flexibility index (Phi) is 5.73. The van der Waals surface area contributed by atoms with Crippen LogP contribution in [-0.2, 0) is 0 Å². The Morgan fingerprint density at radius 3 is 2.81 bits per heavy atom. The van der Waals surface area contributed by atoms with E-state index in [1.807, 2.05) is 6.92 Å². The van der Waals surface area contributed by atoms with Gasteiger partial charge in [0.15, 0.2) is 0 Å². The third kappa shape index (κ3) is 4.40. The molecule has 1 heterocycles. The predicted octanol–water partition coefficient (Wildman–Crippen LogP) is 1.52. The molecule has 0 spiro atoms. The Labute approximate surface area is 100 Å². The van der Waals surface area contributed by atoms with E-state index >= 15 is 0 Å². The molecule has 3 N–H and O–H groups in total. The first-order valence-electron chi connectivity index (χ1n) is 6.72. The van der Waals surface area contributed by atoms with Crippen LogP contribution in [0.3, 0.4) is 0 Å². The van der Waals surface area contributed by atoms with Crippen LogP contribution in [-0.4, -0.2) is 36.4 Å². The molecule has 1 saturated heterocycles. The van der Waals surface area contributed by atoms with Crippen LogP contribution in [0.4, 0.5) is 0 Å². The normalized spacial score (nSPS) is 30.0. The molecule has 0 bridgehead atoms. The van der Waals surface area contributed by atoms with Crippen molar-refractivity contribution < 1.29 is 5.11 Å². The first kappa shape index (κ1) is 13.9. The fourth-order valence-electron chi connectivity index (χ4n) is 2.40. The number of rotatable bonds is 6. The van der Waals surface area contributed by atoms with Gasteiger partial charge < -0.3 is 15.7 Å². The molecule has 3 unspecified atom stereocenters. The molecule has 0 radical (unpaired) electrons. The van der Waals surface area contributed by atoms with Crippen LogP contribution in [0.25, 0.3) is 0 Å². The van der Waals surface area contributed by atoms with Gasteiger partial charge >= 0.3 is 0 Å². The highest BCUT2D eigenvalue weighted by atomic mass is 16.3. The molecule has 0 amide bonds. The molecule has 1 aliphatic heterocycles. The van der Waals surface area contributed by atoms with E-state index < -0.39 is 5.60 Å². The van der Waals surface area contributed by atoms with E-state index in [1.165, 1.54) is 6.42 Å². The molecule has 1 fully saturated rings. The Morgan fingerprint density at radius 2 is 2.19 bits per heavy atom. The van der Waals surface area contributed by atoms with E-state index in [4.69, 9.17) is 0 Å². The fraction of sp³-hybridized carbons (Fsp3) is 1.00. The Bertz CT molecular complexity index is 194. The van der Waals surface area contributed by atoms with Gasteiger partial charge in [-0.1, -0.05) is 13.8 Å². The van der Waals surface area contributed by atoms with Crippen molar-refractivity contribution >= 4 is 0 Å². The zero-order valence-electron chi connectivity index (χ0n) is 11.1. The molecule has 96 valence electrons. The summed E-state index contributed by atoms with van der Waals surface area (Å²) in [4.78, 5) is 0. The molecule has 0 saturated carbocycles. The largest absolute Gasteiger partial charge is 0.389 e. The van der Waals surface area contributed by atoms with Crippen LogP contribution in [0.1, 0.15) is 46.5 Å². The Balaban J connectivity index is 2.30. The molecule has 3 nitrogen and oxygen atoms in total. The van der Waals surface area contributed by atoms with Crippen LogP contribution < -0.4 is 10.6 Å². The smallest absolute Gasteiger partial charge is 0.0784 e. The minimum atomic E-state index is -0.574. The standard InChI is InChI=1S/C13H28N2O/c1-4-7-14-9-6-13(3,16)12-10-11(2)5-8-15-12/h11-12,14-16H,4-10H2,1-3H3. The topological polar surface area (TPSA) is 44.3 Å². The van der Waals surface area contributed by atoms with Crippen LogP contribution in [0.15, 0.2) is 0 Å². The summed E-state index contributed by atoms with van der Waals surface area (Å²) in [7, 11) is 0. The van der Waals surface area contributed by atoms with Gasteiger partial charge in [-0.25, -0.2) is 0 Å². The average Bonchev–Trinajstić information content (AvgIpc) is 2.24. The number of aliphatic hydroxyl groups is 1. The Hall–Kier alpha value is -0.120. The molecule has 1 rings (SSSR count). The maximum atomic E-state index is 10.5. The molecule has 3 heteroatoms. The van der Waals surface area contributed by atoms with Crippen molar-refractivity contribution in [3.05, 3.63) is 0 Å². The SMILES string of the molecule is CCCNCCC(C)(O)C1CC(C)CCN1. The first-order chi connectivity index (χ1) is 7.56. The summed E-state index contributed by atoms with van der Waals surface area (Å²) < 4.78 is 0. The summed E-state index contributed by atoms with van der Waals surface area (Å²) in [5.74, 6) is 0.737. The van der Waals surface area contributed by atoms with E-state index in [-0.39, 0.29) is 6.04 Å². The fourth-order valence-corrected chi connectivity index (χ4v) is 2.40. The third-order valence-corrected chi connectivity index (χ3v) is 3.65. The summed E-state index contributed by atoms with van der Waals surface area (Å²) in [6.45, 7) is 9.41. The minimum absolute atomic E-state index is 0.264. The first-order valence-corrected chi connectivity index (χ1v) is 6.72. The van der Waals surface area contributed by atoms with Crippen molar-refractivity contribution in [3.63, 3.8) is 0 Å². The lowest BCUT2D eigenvalue weighted by Crippen LogP contribution is -2.53. The second kappa shape index (κ2) is 6.58. The Morgan fingerprint density at radius 1 is 1.44 bits per heavy atom. The molecule has 0 aromatic heterocycles. The molecule has 3 atom stereocenters. The summed E-state index contributed by atoms with van der Waals surface area (Å²) in [5, 5.41) is 17.3. The van der Waals surface area contributed by atoms with Crippen LogP contribution in [0.5, 0.6) is 0 Å². The molecular formula is C13H28N2O. The molecular weight excluding hydrogens is 200 g/mol. The van der Waals surface area contributed by atoms with E-state index in [0.717, 1.165) is 44.8 Å². The second-order valence-corrected chi connectivity index (χ2v) is 5.49. The van der Waals surface area contributed by atoms with Crippen molar-refractivity contribution in [3.8, 4) is 0 Å². The predicted molar refractivity (Wildman–Crippen MR) is 68.6 cm³/mol. The van der Waals surface area contributed by atoms with Gasteiger partial charge in [0.2, 0.25) is 0 Å². The second-order valence-electron chi connectivity index (χ2n) is 5.49. The van der Waals surface area contributed by atoms with Crippen LogP contribution in [0, 0.1) is 5.92 Å². The van der Waals surface area contributed by atoms with Gasteiger partial charge in [-0.2, -0.15) is 0 Å². The zero-order valence-corrected chi connectivity index (χ0v) is 11.1. The van der Waals surface area contributed by atoms with Gasteiger partial charge in [0.1, 0.15) is 0 Å². The number of nitrogens with one attached hydrogen (secondary N) is 2. The van der Waals surface area contributed by atoms with Crippen molar-refractivity contribution in [2.75, 3.05) is 19.6 Å². The van der Waals surface area contributed by atoms with Crippen molar-refractivity contribution in [1.29, 1.82) is 0 Å². The van der Waals surface area contributed by atoms with E-state index in [2.05, 4.69) is 24.5 Å². The molecule has 16 heavy (non-hydrogen) atoms. The van der Waals surface area contributed by atoms with Gasteiger partial charge in [0.05, 0.1) is 5.60 Å². The van der Waals surface area contributed by atoms with E-state index in [0.29, 0.717) is 0 Å². The van der Waals surface area contributed by atoms with E-state index in [9.17, 15) is 5.11 Å². The minimum Gasteiger partial charge on any atom is -0.389 e. The lowest BCUT2D eigenvalue weighted by molar-refractivity contribution is -0.00377. The highest BCUT2D eigenvalue weighted by molar-refractivity contribution is 4.91. The zero-order chi connectivity index (χ0) is 12.0. The third-order valence-electron chi connectivity index (χ3n) is 3.65. The van der Waals surface area contributed by atoms with Crippen LogP contribution in [0.2, 0.25) is 0 Å². The maximum Gasteiger partial charge on any atom is 0.0784 e. The van der Waals surface area contributed by atoms with E-state index in [1.54, 1.807) is 0 Å². The van der Waals surface area contributed by atoms with Crippen molar-refractivity contribution in [1.82, 2.24) is 10.6 Å². The lowest BCUT2D eigenvalue weighted by Gasteiger charge is -2.38. The number of piperidine rings is 1. The highest BCUT2D eigenvalue weighted by Crippen LogP contribution is 2.25. The van der Waals surface area contributed by atoms with Gasteiger partial charge in [-0.05, 0) is 58.2 Å². The summed E-state index contributed by atoms with van der Waals surface area (Å²) in [5.41, 5.74) is -0.574. The van der Waals surface area contributed by atoms with Gasteiger partial charge in [-0.15, -0.1) is 0 Å². The lowest BCUT2D eigenvalue weighted by atomic mass is 9.83. The van der Waals surface area contributed by atoms with Crippen molar-refractivity contribution in [2.45, 2.75) is 58.1 Å². The monoisotopic (exact) mass is 228 g/mol. The molecule has 0 aromatic rings. The maximum absolute atomic E-state index is 10.5. The highest BCUT2D eigenvalue weighted by Gasteiger charge is 2.33. The summed E-state index contributed by atoms with van der Waals surface area (Å²) >= 11 is 0.